The summed E-state index contributed by atoms with van der Waals surface area (Å²) in [4.78, 5) is 33.3. The molecule has 1 unspecified atom stereocenters. The van der Waals surface area contributed by atoms with Crippen LogP contribution in [0.1, 0.15) is 25.5 Å². The summed E-state index contributed by atoms with van der Waals surface area (Å²) in [6, 6.07) is 1.51. The summed E-state index contributed by atoms with van der Waals surface area (Å²) in [6.45, 7) is 1.77. The van der Waals surface area contributed by atoms with E-state index in [1.54, 1.807) is 19.1 Å². The summed E-state index contributed by atoms with van der Waals surface area (Å²) < 4.78 is 5.15. The first-order chi connectivity index (χ1) is 9.88. The van der Waals surface area contributed by atoms with Crippen LogP contribution in [0, 0.1) is 0 Å². The Morgan fingerprint density at radius 1 is 1.38 bits per heavy atom. The van der Waals surface area contributed by atoms with Crippen molar-refractivity contribution in [2.24, 2.45) is 5.73 Å². The van der Waals surface area contributed by atoms with Crippen molar-refractivity contribution in [3.8, 4) is 0 Å². The number of hydrogen-bond donors (Lipinski definition) is 4. The Kier molecular flexibility index (Phi) is 6.25. The monoisotopic (exact) mass is 297 g/mol. The predicted molar refractivity (Wildman–Crippen MR) is 73.4 cm³/mol. The lowest BCUT2D eigenvalue weighted by Gasteiger charge is -2.17. The maximum Gasteiger partial charge on any atom is 0.326 e. The molecule has 0 aliphatic heterocycles. The summed E-state index contributed by atoms with van der Waals surface area (Å²) in [6.07, 6.45) is 1.86. The summed E-state index contributed by atoms with van der Waals surface area (Å²) in [5, 5.41) is 13.9. The predicted octanol–water partition coefficient (Wildman–Crippen LogP) is 0.229. The molecule has 0 radical (unpaired) electrons. The van der Waals surface area contributed by atoms with E-state index in [0.717, 1.165) is 0 Å². The molecule has 1 heterocycles. The standard InChI is InChI=1S/C13H19N3O5/c1-8(7-9-3-2-6-21-9)15-13(20)16-10(12(18)19)4-5-11(14)17/h2-3,6,8,10H,4-5,7H2,1H3,(H2,14,17)(H,18,19)(H2,15,16,20)/t8?,10-/m1/s1. The number of carboxylic acid groups (broad SMARTS) is 1. The quantitative estimate of drug-likeness (QED) is 0.544. The molecule has 21 heavy (non-hydrogen) atoms. The Balaban J connectivity index is 2.42. The minimum atomic E-state index is -1.22. The average molecular weight is 297 g/mol. The number of rotatable bonds is 8. The third kappa shape index (κ3) is 6.46. The number of amides is 3. The van der Waals surface area contributed by atoms with Crippen molar-refractivity contribution >= 4 is 17.9 Å². The van der Waals surface area contributed by atoms with Gasteiger partial charge in [-0.3, -0.25) is 4.79 Å². The molecular weight excluding hydrogens is 278 g/mol. The maximum absolute atomic E-state index is 11.7. The van der Waals surface area contributed by atoms with Crippen LogP contribution in [0.3, 0.4) is 0 Å². The fourth-order valence-electron chi connectivity index (χ4n) is 1.75. The SMILES string of the molecule is CC(Cc1ccco1)NC(=O)N[C@H](CCC(N)=O)C(=O)O. The van der Waals surface area contributed by atoms with E-state index in [1.807, 2.05) is 0 Å². The summed E-state index contributed by atoms with van der Waals surface area (Å²) in [7, 11) is 0. The molecule has 0 aliphatic carbocycles. The summed E-state index contributed by atoms with van der Waals surface area (Å²) in [5.74, 6) is -1.12. The fourth-order valence-corrected chi connectivity index (χ4v) is 1.75. The third-order valence-corrected chi connectivity index (χ3v) is 2.75. The first-order valence-electron chi connectivity index (χ1n) is 6.49. The molecule has 0 aromatic carbocycles. The highest BCUT2D eigenvalue weighted by molar-refractivity contribution is 5.83. The Morgan fingerprint density at radius 2 is 2.10 bits per heavy atom. The lowest BCUT2D eigenvalue weighted by Crippen LogP contribution is -2.49. The van der Waals surface area contributed by atoms with Crippen molar-refractivity contribution in [2.45, 2.75) is 38.3 Å². The van der Waals surface area contributed by atoms with E-state index in [4.69, 9.17) is 15.3 Å². The first kappa shape index (κ1) is 16.5. The van der Waals surface area contributed by atoms with Crippen LogP contribution in [-0.4, -0.2) is 35.1 Å². The van der Waals surface area contributed by atoms with Gasteiger partial charge in [-0.1, -0.05) is 0 Å². The van der Waals surface area contributed by atoms with Crippen LogP contribution in [0.4, 0.5) is 4.79 Å². The van der Waals surface area contributed by atoms with Gasteiger partial charge in [0.1, 0.15) is 11.8 Å². The average Bonchev–Trinajstić information content (AvgIpc) is 2.86. The largest absolute Gasteiger partial charge is 0.480 e. The van der Waals surface area contributed by atoms with Gasteiger partial charge in [-0.25, -0.2) is 9.59 Å². The van der Waals surface area contributed by atoms with Crippen LogP contribution in [-0.2, 0) is 16.0 Å². The smallest absolute Gasteiger partial charge is 0.326 e. The molecular formula is C13H19N3O5. The molecule has 3 amide bonds. The first-order valence-corrected chi connectivity index (χ1v) is 6.49. The third-order valence-electron chi connectivity index (χ3n) is 2.75. The van der Waals surface area contributed by atoms with E-state index in [9.17, 15) is 14.4 Å². The number of urea groups is 1. The zero-order valence-electron chi connectivity index (χ0n) is 11.7. The van der Waals surface area contributed by atoms with E-state index >= 15 is 0 Å². The van der Waals surface area contributed by atoms with Crippen molar-refractivity contribution in [3.05, 3.63) is 24.2 Å². The molecule has 5 N–H and O–H groups in total. The number of carbonyl (C=O) groups excluding carboxylic acids is 2. The number of hydrogen-bond acceptors (Lipinski definition) is 4. The molecule has 0 fully saturated rings. The zero-order valence-corrected chi connectivity index (χ0v) is 11.7. The van der Waals surface area contributed by atoms with Crippen molar-refractivity contribution < 1.29 is 23.9 Å². The van der Waals surface area contributed by atoms with E-state index in [-0.39, 0.29) is 18.9 Å². The molecule has 0 saturated heterocycles. The second kappa shape index (κ2) is 7.93. The number of nitrogens with two attached hydrogens (primary N) is 1. The van der Waals surface area contributed by atoms with Gasteiger partial charge in [-0.05, 0) is 25.5 Å². The normalized spacial score (nSPS) is 13.2. The van der Waals surface area contributed by atoms with Gasteiger partial charge in [0.2, 0.25) is 5.91 Å². The zero-order chi connectivity index (χ0) is 15.8. The van der Waals surface area contributed by atoms with E-state index in [0.29, 0.717) is 12.2 Å². The molecule has 0 bridgehead atoms. The van der Waals surface area contributed by atoms with Gasteiger partial charge in [-0.2, -0.15) is 0 Å². The van der Waals surface area contributed by atoms with Crippen LogP contribution in [0.25, 0.3) is 0 Å². The molecule has 0 aliphatic rings. The number of carboxylic acids is 1. The number of carbonyl (C=O) groups is 3. The van der Waals surface area contributed by atoms with Crippen molar-refractivity contribution in [1.82, 2.24) is 10.6 Å². The Hall–Kier alpha value is -2.51. The van der Waals surface area contributed by atoms with Gasteiger partial charge in [0.15, 0.2) is 0 Å². The molecule has 1 aromatic rings. The van der Waals surface area contributed by atoms with Crippen molar-refractivity contribution in [2.75, 3.05) is 0 Å². The van der Waals surface area contributed by atoms with Crippen LogP contribution >= 0.6 is 0 Å². The van der Waals surface area contributed by atoms with Gasteiger partial charge >= 0.3 is 12.0 Å². The molecule has 1 rings (SSSR count). The van der Waals surface area contributed by atoms with Crippen molar-refractivity contribution in [3.63, 3.8) is 0 Å². The van der Waals surface area contributed by atoms with Crippen LogP contribution in [0.5, 0.6) is 0 Å². The van der Waals surface area contributed by atoms with Crippen molar-refractivity contribution in [1.29, 1.82) is 0 Å². The van der Waals surface area contributed by atoms with Gasteiger partial charge in [0.05, 0.1) is 6.26 Å². The molecule has 0 spiro atoms. The molecule has 1 aromatic heterocycles. The second-order valence-electron chi connectivity index (χ2n) is 4.70. The second-order valence-corrected chi connectivity index (χ2v) is 4.70. The summed E-state index contributed by atoms with van der Waals surface area (Å²) >= 11 is 0. The number of aliphatic carboxylic acids is 1. The minimum Gasteiger partial charge on any atom is -0.480 e. The molecule has 8 nitrogen and oxygen atoms in total. The highest BCUT2D eigenvalue weighted by atomic mass is 16.4. The molecule has 116 valence electrons. The van der Waals surface area contributed by atoms with Gasteiger partial charge in [0.25, 0.3) is 0 Å². The molecule has 0 saturated carbocycles. The van der Waals surface area contributed by atoms with Crippen LogP contribution in [0.2, 0.25) is 0 Å². The summed E-state index contributed by atoms with van der Waals surface area (Å²) in [5.41, 5.74) is 4.96. The Bertz CT molecular complexity index is 486. The van der Waals surface area contributed by atoms with Crippen LogP contribution in [0.15, 0.2) is 22.8 Å². The number of furan rings is 1. The maximum atomic E-state index is 11.7. The number of nitrogens with one attached hydrogen (secondary N) is 2. The van der Waals surface area contributed by atoms with Gasteiger partial charge in [-0.15, -0.1) is 0 Å². The Morgan fingerprint density at radius 3 is 2.62 bits per heavy atom. The topological polar surface area (TPSA) is 135 Å². The highest BCUT2D eigenvalue weighted by Gasteiger charge is 2.21. The number of primary amides is 1. The molecule has 8 heteroatoms. The van der Waals surface area contributed by atoms with Gasteiger partial charge in [0, 0.05) is 18.9 Å². The minimum absolute atomic E-state index is 0.0509. The lowest BCUT2D eigenvalue weighted by molar-refractivity contribution is -0.139. The van der Waals surface area contributed by atoms with Crippen LogP contribution < -0.4 is 16.4 Å². The lowest BCUT2D eigenvalue weighted by atomic mass is 10.1. The van der Waals surface area contributed by atoms with Gasteiger partial charge < -0.3 is 25.9 Å². The van der Waals surface area contributed by atoms with E-state index in [1.165, 1.54) is 6.26 Å². The fraction of sp³-hybridized carbons (Fsp3) is 0.462. The molecule has 2 atom stereocenters. The Labute approximate surface area is 121 Å². The van der Waals surface area contributed by atoms with E-state index < -0.39 is 23.9 Å². The highest BCUT2D eigenvalue weighted by Crippen LogP contribution is 2.04. The van der Waals surface area contributed by atoms with E-state index in [2.05, 4.69) is 10.6 Å².